The molecule has 6 heteroatoms. The Morgan fingerprint density at radius 3 is 2.71 bits per heavy atom. The summed E-state index contributed by atoms with van der Waals surface area (Å²) in [7, 11) is 0. The number of nitrogens with zero attached hydrogens (tertiary/aromatic N) is 2. The van der Waals surface area contributed by atoms with E-state index in [1.54, 1.807) is 26.8 Å². The molecule has 1 unspecified atom stereocenters. The Hall–Kier alpha value is -1.98. The molecule has 1 aromatic heterocycles. The number of hydrogen-bond acceptors (Lipinski definition) is 5. The summed E-state index contributed by atoms with van der Waals surface area (Å²) in [6, 6.07) is 0.726. The summed E-state index contributed by atoms with van der Waals surface area (Å²) >= 11 is 0. The molecule has 0 radical (unpaired) electrons. The monoisotopic (exact) mass is 237 g/mol. The van der Waals surface area contributed by atoms with Gasteiger partial charge in [-0.1, -0.05) is 0 Å². The maximum Gasteiger partial charge on any atom is 0.408 e. The fourth-order valence-corrected chi connectivity index (χ4v) is 1.10. The predicted molar refractivity (Wildman–Crippen MR) is 60.2 cm³/mol. The summed E-state index contributed by atoms with van der Waals surface area (Å²) in [6.45, 7) is 5.23. The highest BCUT2D eigenvalue weighted by Gasteiger charge is 2.20. The zero-order valence-electron chi connectivity index (χ0n) is 10.0. The first kappa shape index (κ1) is 13.1. The van der Waals surface area contributed by atoms with Gasteiger partial charge in [0.05, 0.1) is 5.69 Å². The molecule has 0 aliphatic heterocycles. The quantitative estimate of drug-likeness (QED) is 0.800. The van der Waals surface area contributed by atoms with E-state index in [0.717, 1.165) is 0 Å². The van der Waals surface area contributed by atoms with Gasteiger partial charge in [-0.05, 0) is 26.8 Å². The highest BCUT2D eigenvalue weighted by Crippen LogP contribution is 2.10. The molecule has 1 atom stereocenters. The van der Waals surface area contributed by atoms with Crippen molar-refractivity contribution in [3.8, 4) is 0 Å². The first-order chi connectivity index (χ1) is 7.92. The van der Waals surface area contributed by atoms with Crippen molar-refractivity contribution >= 4 is 12.4 Å². The maximum atomic E-state index is 11.5. The molecular formula is C11H15N3O3. The van der Waals surface area contributed by atoms with E-state index in [9.17, 15) is 9.59 Å². The molecule has 0 fully saturated rings. The largest absolute Gasteiger partial charge is 0.444 e. The second-order valence-corrected chi connectivity index (χ2v) is 4.39. The van der Waals surface area contributed by atoms with E-state index in [0.29, 0.717) is 12.0 Å². The first-order valence-corrected chi connectivity index (χ1v) is 5.13. The fourth-order valence-electron chi connectivity index (χ4n) is 1.10. The van der Waals surface area contributed by atoms with Gasteiger partial charge >= 0.3 is 6.09 Å². The minimum absolute atomic E-state index is 0.417. The van der Waals surface area contributed by atoms with Crippen LogP contribution in [0.15, 0.2) is 18.6 Å². The normalized spacial score (nSPS) is 12.6. The lowest BCUT2D eigenvalue weighted by Crippen LogP contribution is -2.35. The van der Waals surface area contributed by atoms with Crippen molar-refractivity contribution in [1.82, 2.24) is 15.3 Å². The third-order valence-corrected chi connectivity index (χ3v) is 1.73. The van der Waals surface area contributed by atoms with Crippen LogP contribution in [0, 0.1) is 0 Å². The number of carbonyl (C=O) groups excluding carboxylic acids is 2. The number of alkyl carbamates (subject to hydrolysis) is 1. The maximum absolute atomic E-state index is 11.5. The number of carbonyl (C=O) groups is 2. The van der Waals surface area contributed by atoms with Gasteiger partial charge in [-0.3, -0.25) is 0 Å². The van der Waals surface area contributed by atoms with Crippen molar-refractivity contribution in [2.24, 2.45) is 0 Å². The van der Waals surface area contributed by atoms with Crippen LogP contribution in [0.25, 0.3) is 0 Å². The minimum Gasteiger partial charge on any atom is -0.444 e. The zero-order valence-corrected chi connectivity index (χ0v) is 10.0. The van der Waals surface area contributed by atoms with Crippen LogP contribution < -0.4 is 5.32 Å². The number of ether oxygens (including phenoxy) is 1. The zero-order chi connectivity index (χ0) is 12.9. The minimum atomic E-state index is -0.826. The summed E-state index contributed by atoms with van der Waals surface area (Å²) in [4.78, 5) is 30.0. The van der Waals surface area contributed by atoms with Gasteiger partial charge < -0.3 is 14.8 Å². The summed E-state index contributed by atoms with van der Waals surface area (Å²) in [6.07, 6.45) is 2.73. The van der Waals surface area contributed by atoms with Crippen molar-refractivity contribution in [1.29, 1.82) is 0 Å². The molecular weight excluding hydrogens is 222 g/mol. The summed E-state index contributed by atoms with van der Waals surface area (Å²) in [5.74, 6) is 0. The van der Waals surface area contributed by atoms with Crippen molar-refractivity contribution in [2.45, 2.75) is 32.4 Å². The Morgan fingerprint density at radius 2 is 2.24 bits per heavy atom. The molecule has 92 valence electrons. The van der Waals surface area contributed by atoms with E-state index in [2.05, 4.69) is 15.3 Å². The smallest absolute Gasteiger partial charge is 0.408 e. The molecule has 1 heterocycles. The van der Waals surface area contributed by atoms with Gasteiger partial charge in [0.1, 0.15) is 24.3 Å². The Labute approximate surface area is 99.4 Å². The van der Waals surface area contributed by atoms with E-state index in [1.165, 1.54) is 12.5 Å². The van der Waals surface area contributed by atoms with Gasteiger partial charge in [-0.25, -0.2) is 14.8 Å². The highest BCUT2D eigenvalue weighted by atomic mass is 16.6. The predicted octanol–water partition coefficient (Wildman–Crippen LogP) is 1.24. The van der Waals surface area contributed by atoms with E-state index in [-0.39, 0.29) is 0 Å². The summed E-state index contributed by atoms with van der Waals surface area (Å²) < 4.78 is 5.04. The molecule has 17 heavy (non-hydrogen) atoms. The first-order valence-electron chi connectivity index (χ1n) is 5.13. The molecule has 0 spiro atoms. The lowest BCUT2D eigenvalue weighted by atomic mass is 10.2. The molecule has 6 nitrogen and oxygen atoms in total. The van der Waals surface area contributed by atoms with Crippen LogP contribution >= 0.6 is 0 Å². The van der Waals surface area contributed by atoms with Crippen LogP contribution in [0.4, 0.5) is 4.79 Å². The molecule has 0 aromatic carbocycles. The van der Waals surface area contributed by atoms with Crippen molar-refractivity contribution in [3.63, 3.8) is 0 Å². The molecule has 1 amide bonds. The van der Waals surface area contributed by atoms with E-state index in [1.807, 2.05) is 0 Å². The number of aromatic nitrogens is 2. The van der Waals surface area contributed by atoms with Crippen molar-refractivity contribution < 1.29 is 14.3 Å². The lowest BCUT2D eigenvalue weighted by Gasteiger charge is -2.21. The van der Waals surface area contributed by atoms with Gasteiger partial charge in [-0.2, -0.15) is 0 Å². The molecule has 0 saturated carbocycles. The standard InChI is InChI=1S/C11H15N3O3/c1-11(2,3)17-10(16)14-9(6-15)8-4-5-12-7-13-8/h4-7,9H,1-3H3,(H,14,16). The average molecular weight is 237 g/mol. The second kappa shape index (κ2) is 5.38. The molecule has 0 aliphatic rings. The van der Waals surface area contributed by atoms with Gasteiger partial charge in [-0.15, -0.1) is 0 Å². The molecule has 0 aliphatic carbocycles. The van der Waals surface area contributed by atoms with Crippen LogP contribution in [0.3, 0.4) is 0 Å². The number of hydrogen-bond donors (Lipinski definition) is 1. The SMILES string of the molecule is CC(C)(C)OC(=O)NC(C=O)c1ccncn1. The van der Waals surface area contributed by atoms with Crippen molar-refractivity contribution in [3.05, 3.63) is 24.3 Å². The van der Waals surface area contributed by atoms with Gasteiger partial charge in [0.2, 0.25) is 0 Å². The van der Waals surface area contributed by atoms with E-state index in [4.69, 9.17) is 4.74 Å². The third-order valence-electron chi connectivity index (χ3n) is 1.73. The van der Waals surface area contributed by atoms with E-state index < -0.39 is 17.7 Å². The summed E-state index contributed by atoms with van der Waals surface area (Å²) in [5, 5.41) is 2.42. The van der Waals surface area contributed by atoms with E-state index >= 15 is 0 Å². The van der Waals surface area contributed by atoms with Gasteiger partial charge in [0.25, 0.3) is 0 Å². The van der Waals surface area contributed by atoms with Gasteiger partial charge in [0.15, 0.2) is 0 Å². The van der Waals surface area contributed by atoms with Crippen LogP contribution in [0.5, 0.6) is 0 Å². The average Bonchev–Trinajstić information content (AvgIpc) is 2.24. The van der Waals surface area contributed by atoms with Gasteiger partial charge in [0, 0.05) is 6.20 Å². The number of rotatable bonds is 3. The number of nitrogens with one attached hydrogen (secondary N) is 1. The second-order valence-electron chi connectivity index (χ2n) is 4.39. The molecule has 0 bridgehead atoms. The molecule has 1 aromatic rings. The Balaban J connectivity index is 2.66. The highest BCUT2D eigenvalue weighted by molar-refractivity contribution is 5.74. The third kappa shape index (κ3) is 4.58. The molecule has 1 N–H and O–H groups in total. The number of amides is 1. The topological polar surface area (TPSA) is 81.2 Å². The van der Waals surface area contributed by atoms with Crippen molar-refractivity contribution in [2.75, 3.05) is 0 Å². The number of aldehydes is 1. The lowest BCUT2D eigenvalue weighted by molar-refractivity contribution is -0.109. The van der Waals surface area contributed by atoms with Crippen LogP contribution in [0.2, 0.25) is 0 Å². The Morgan fingerprint density at radius 1 is 1.53 bits per heavy atom. The Kier molecular flexibility index (Phi) is 4.14. The Bertz CT molecular complexity index is 387. The molecule has 1 rings (SSSR count). The fraction of sp³-hybridized carbons (Fsp3) is 0.455. The van der Waals surface area contributed by atoms with Crippen LogP contribution in [-0.4, -0.2) is 27.9 Å². The molecule has 0 saturated heterocycles. The summed E-state index contributed by atoms with van der Waals surface area (Å²) in [5.41, 5.74) is -0.190. The van der Waals surface area contributed by atoms with Crippen LogP contribution in [-0.2, 0) is 9.53 Å². The van der Waals surface area contributed by atoms with Crippen LogP contribution in [0.1, 0.15) is 32.5 Å².